The van der Waals surface area contributed by atoms with E-state index in [-0.39, 0.29) is 5.56 Å². The Labute approximate surface area is 141 Å². The molecule has 5 heteroatoms. The third-order valence-electron chi connectivity index (χ3n) is 4.32. The Morgan fingerprint density at radius 3 is 2.83 bits per heavy atom. The SMILES string of the molecule is O=C(O)c1ccncc1-c1cccc(OCCN2CCCCC2)c1. The van der Waals surface area contributed by atoms with Crippen molar-refractivity contribution in [2.75, 3.05) is 26.2 Å². The molecule has 0 spiro atoms. The number of aromatic nitrogens is 1. The molecule has 1 aromatic carbocycles. The average molecular weight is 326 g/mol. The first-order chi connectivity index (χ1) is 11.7. The largest absolute Gasteiger partial charge is 0.492 e. The van der Waals surface area contributed by atoms with Gasteiger partial charge in [-0.3, -0.25) is 9.88 Å². The van der Waals surface area contributed by atoms with Crippen molar-refractivity contribution >= 4 is 5.97 Å². The molecule has 24 heavy (non-hydrogen) atoms. The van der Waals surface area contributed by atoms with Crippen LogP contribution in [0.2, 0.25) is 0 Å². The second kappa shape index (κ2) is 7.93. The maximum Gasteiger partial charge on any atom is 0.336 e. The predicted molar refractivity (Wildman–Crippen MR) is 92.4 cm³/mol. The standard InChI is InChI=1S/C19H22N2O3/c22-19(23)17-7-8-20-14-18(17)15-5-4-6-16(13-15)24-12-11-21-9-2-1-3-10-21/h4-8,13-14H,1-3,9-12H2,(H,22,23). The Kier molecular flexibility index (Phi) is 5.43. The topological polar surface area (TPSA) is 62.7 Å². The number of piperidine rings is 1. The van der Waals surface area contributed by atoms with Gasteiger partial charge in [-0.05, 0) is 49.7 Å². The third kappa shape index (κ3) is 4.11. The first-order valence-corrected chi connectivity index (χ1v) is 8.37. The number of ether oxygens (including phenoxy) is 1. The molecule has 1 saturated heterocycles. The van der Waals surface area contributed by atoms with E-state index in [1.165, 1.54) is 31.5 Å². The van der Waals surface area contributed by atoms with Gasteiger partial charge in [0.15, 0.2) is 0 Å². The van der Waals surface area contributed by atoms with E-state index in [4.69, 9.17) is 4.74 Å². The second-order valence-corrected chi connectivity index (χ2v) is 6.01. The molecule has 0 unspecified atom stereocenters. The zero-order valence-corrected chi connectivity index (χ0v) is 13.6. The highest BCUT2D eigenvalue weighted by molar-refractivity contribution is 5.95. The molecule has 5 nitrogen and oxygen atoms in total. The molecule has 1 aliphatic rings. The van der Waals surface area contributed by atoms with Gasteiger partial charge in [0.05, 0.1) is 5.56 Å². The Balaban J connectivity index is 1.67. The summed E-state index contributed by atoms with van der Waals surface area (Å²) in [5, 5.41) is 9.32. The van der Waals surface area contributed by atoms with Gasteiger partial charge in [-0.1, -0.05) is 18.6 Å². The maximum atomic E-state index is 11.4. The number of pyridine rings is 1. The molecule has 2 aromatic rings. The summed E-state index contributed by atoms with van der Waals surface area (Å²) in [7, 11) is 0. The Morgan fingerprint density at radius 1 is 1.21 bits per heavy atom. The van der Waals surface area contributed by atoms with Gasteiger partial charge < -0.3 is 9.84 Å². The summed E-state index contributed by atoms with van der Waals surface area (Å²) in [6.07, 6.45) is 6.95. The number of carbonyl (C=O) groups is 1. The summed E-state index contributed by atoms with van der Waals surface area (Å²) < 4.78 is 5.86. The summed E-state index contributed by atoms with van der Waals surface area (Å²) in [5.41, 5.74) is 1.65. The summed E-state index contributed by atoms with van der Waals surface area (Å²) in [5.74, 6) is -0.200. The highest BCUT2D eigenvalue weighted by Crippen LogP contribution is 2.26. The van der Waals surface area contributed by atoms with Gasteiger partial charge in [0.1, 0.15) is 12.4 Å². The minimum atomic E-state index is -0.955. The lowest BCUT2D eigenvalue weighted by Gasteiger charge is -2.26. The van der Waals surface area contributed by atoms with E-state index in [0.29, 0.717) is 12.2 Å². The van der Waals surface area contributed by atoms with Crippen molar-refractivity contribution < 1.29 is 14.6 Å². The molecule has 1 fully saturated rings. The molecule has 1 aliphatic heterocycles. The number of carboxylic acid groups (broad SMARTS) is 1. The van der Waals surface area contributed by atoms with Crippen LogP contribution in [-0.4, -0.2) is 47.2 Å². The van der Waals surface area contributed by atoms with Crippen LogP contribution in [0.3, 0.4) is 0 Å². The number of benzene rings is 1. The van der Waals surface area contributed by atoms with Crippen molar-refractivity contribution in [2.45, 2.75) is 19.3 Å². The fraction of sp³-hybridized carbons (Fsp3) is 0.368. The van der Waals surface area contributed by atoms with Crippen molar-refractivity contribution in [2.24, 2.45) is 0 Å². The monoisotopic (exact) mass is 326 g/mol. The van der Waals surface area contributed by atoms with Crippen LogP contribution >= 0.6 is 0 Å². The first kappa shape index (κ1) is 16.5. The third-order valence-corrected chi connectivity index (χ3v) is 4.32. The van der Waals surface area contributed by atoms with Gasteiger partial charge in [0, 0.05) is 24.5 Å². The van der Waals surface area contributed by atoms with Crippen molar-refractivity contribution in [1.82, 2.24) is 9.88 Å². The zero-order valence-electron chi connectivity index (χ0n) is 13.6. The molecule has 0 radical (unpaired) electrons. The van der Waals surface area contributed by atoms with Crippen molar-refractivity contribution in [3.63, 3.8) is 0 Å². The van der Waals surface area contributed by atoms with Gasteiger partial charge in [-0.25, -0.2) is 4.79 Å². The smallest absolute Gasteiger partial charge is 0.336 e. The van der Waals surface area contributed by atoms with E-state index < -0.39 is 5.97 Å². The van der Waals surface area contributed by atoms with Crippen LogP contribution in [0.15, 0.2) is 42.7 Å². The number of hydrogen-bond acceptors (Lipinski definition) is 4. The molecule has 0 aliphatic carbocycles. The van der Waals surface area contributed by atoms with Crippen molar-refractivity contribution in [3.05, 3.63) is 48.3 Å². The molecule has 0 saturated carbocycles. The van der Waals surface area contributed by atoms with E-state index in [1.807, 2.05) is 24.3 Å². The van der Waals surface area contributed by atoms with Crippen LogP contribution in [0, 0.1) is 0 Å². The first-order valence-electron chi connectivity index (χ1n) is 8.37. The van der Waals surface area contributed by atoms with Crippen LogP contribution in [0.1, 0.15) is 29.6 Å². The van der Waals surface area contributed by atoms with E-state index >= 15 is 0 Å². The molecule has 0 bridgehead atoms. The van der Waals surface area contributed by atoms with Gasteiger partial charge in [-0.15, -0.1) is 0 Å². The Morgan fingerprint density at radius 2 is 2.04 bits per heavy atom. The number of carboxylic acids is 1. The van der Waals surface area contributed by atoms with Crippen LogP contribution in [0.5, 0.6) is 5.75 Å². The number of aromatic carboxylic acids is 1. The summed E-state index contributed by atoms with van der Waals surface area (Å²) in [4.78, 5) is 17.8. The second-order valence-electron chi connectivity index (χ2n) is 6.01. The predicted octanol–water partition coefficient (Wildman–Crippen LogP) is 3.31. The summed E-state index contributed by atoms with van der Waals surface area (Å²) in [6, 6.07) is 9.04. The number of rotatable bonds is 6. The van der Waals surface area contributed by atoms with Gasteiger partial charge >= 0.3 is 5.97 Å². The molecule has 1 N–H and O–H groups in total. The molecular weight excluding hydrogens is 304 g/mol. The molecule has 2 heterocycles. The van der Waals surface area contributed by atoms with E-state index in [0.717, 1.165) is 30.9 Å². The lowest BCUT2D eigenvalue weighted by Crippen LogP contribution is -2.33. The molecule has 0 amide bonds. The van der Waals surface area contributed by atoms with Crippen LogP contribution in [0.25, 0.3) is 11.1 Å². The molecular formula is C19H22N2O3. The Hall–Kier alpha value is -2.40. The fourth-order valence-corrected chi connectivity index (χ4v) is 3.04. The minimum absolute atomic E-state index is 0.246. The van der Waals surface area contributed by atoms with Crippen molar-refractivity contribution in [3.8, 4) is 16.9 Å². The van der Waals surface area contributed by atoms with Crippen molar-refractivity contribution in [1.29, 1.82) is 0 Å². The fourth-order valence-electron chi connectivity index (χ4n) is 3.04. The Bertz CT molecular complexity index is 697. The summed E-state index contributed by atoms with van der Waals surface area (Å²) in [6.45, 7) is 3.88. The number of nitrogens with zero attached hydrogens (tertiary/aromatic N) is 2. The quantitative estimate of drug-likeness (QED) is 0.882. The maximum absolute atomic E-state index is 11.4. The van der Waals surface area contributed by atoms with E-state index in [9.17, 15) is 9.90 Å². The van der Waals surface area contributed by atoms with Gasteiger partial charge in [0.2, 0.25) is 0 Å². The van der Waals surface area contributed by atoms with E-state index in [2.05, 4.69) is 9.88 Å². The normalized spacial score (nSPS) is 15.2. The molecule has 1 aromatic heterocycles. The van der Waals surface area contributed by atoms with Gasteiger partial charge in [0.25, 0.3) is 0 Å². The zero-order chi connectivity index (χ0) is 16.8. The summed E-state index contributed by atoms with van der Waals surface area (Å²) >= 11 is 0. The van der Waals surface area contributed by atoms with Crippen LogP contribution in [0.4, 0.5) is 0 Å². The number of likely N-dealkylation sites (tertiary alicyclic amines) is 1. The number of hydrogen-bond donors (Lipinski definition) is 1. The highest BCUT2D eigenvalue weighted by Gasteiger charge is 2.12. The molecule has 3 rings (SSSR count). The van der Waals surface area contributed by atoms with E-state index in [1.54, 1.807) is 6.20 Å². The minimum Gasteiger partial charge on any atom is -0.492 e. The lowest BCUT2D eigenvalue weighted by molar-refractivity contribution is 0.0697. The molecule has 126 valence electrons. The van der Waals surface area contributed by atoms with Crippen LogP contribution in [-0.2, 0) is 0 Å². The highest BCUT2D eigenvalue weighted by atomic mass is 16.5. The molecule has 0 atom stereocenters. The van der Waals surface area contributed by atoms with Gasteiger partial charge in [-0.2, -0.15) is 0 Å². The van der Waals surface area contributed by atoms with Crippen LogP contribution < -0.4 is 4.74 Å². The lowest BCUT2D eigenvalue weighted by atomic mass is 10.0. The average Bonchev–Trinajstić information content (AvgIpc) is 2.63.